The number of carbonyl (C=O) groups is 4. The first kappa shape index (κ1) is 27.0. The van der Waals surface area contributed by atoms with Crippen molar-refractivity contribution in [3.63, 3.8) is 0 Å². The summed E-state index contributed by atoms with van der Waals surface area (Å²) >= 11 is 0. The van der Waals surface area contributed by atoms with Crippen LogP contribution in [0.25, 0.3) is 0 Å². The van der Waals surface area contributed by atoms with Gasteiger partial charge in [-0.3, -0.25) is 18.9 Å². The standard InChI is InChI=1S/C15H29N4O9P/c1-7(2)6-10(15(23)24)19-13(21)9(4-5-11(16)20)18-14(22)12(17)8(3)28-29(25,26)27/h7-10,12H,4-6,17H2,1-3H3,(H2,16,20)(H,18,22)(H,19,21)(H,23,24)(H2,25,26,27)/t8-,9+,10+,12+/m1/s1. The van der Waals surface area contributed by atoms with Crippen LogP contribution in [-0.4, -0.2) is 62.8 Å². The molecular formula is C15H29N4O9P. The zero-order valence-electron chi connectivity index (χ0n) is 16.4. The number of phosphoric ester groups is 1. The summed E-state index contributed by atoms with van der Waals surface area (Å²) in [7, 11) is -4.90. The average Bonchev–Trinajstić information content (AvgIpc) is 2.54. The molecule has 0 fully saturated rings. The van der Waals surface area contributed by atoms with E-state index in [4.69, 9.17) is 21.3 Å². The van der Waals surface area contributed by atoms with Gasteiger partial charge < -0.3 is 37.0 Å². The molecule has 0 aromatic rings. The van der Waals surface area contributed by atoms with Gasteiger partial charge in [-0.1, -0.05) is 13.8 Å². The predicted molar refractivity (Wildman–Crippen MR) is 99.9 cm³/mol. The Balaban J connectivity index is 5.26. The molecule has 29 heavy (non-hydrogen) atoms. The molecule has 0 aromatic carbocycles. The van der Waals surface area contributed by atoms with Crippen molar-refractivity contribution < 1.29 is 43.2 Å². The molecule has 0 bridgehead atoms. The molecule has 13 nitrogen and oxygen atoms in total. The molecular weight excluding hydrogens is 411 g/mol. The highest BCUT2D eigenvalue weighted by molar-refractivity contribution is 7.46. The van der Waals surface area contributed by atoms with Crippen LogP contribution in [0.5, 0.6) is 0 Å². The minimum absolute atomic E-state index is 0.0471. The van der Waals surface area contributed by atoms with E-state index < -0.39 is 55.7 Å². The number of carbonyl (C=O) groups excluding carboxylic acids is 3. The van der Waals surface area contributed by atoms with Crippen LogP contribution in [0, 0.1) is 5.92 Å². The van der Waals surface area contributed by atoms with Gasteiger partial charge in [-0.05, 0) is 25.7 Å². The Hall–Kier alpha value is -2.05. The van der Waals surface area contributed by atoms with E-state index in [1.54, 1.807) is 13.8 Å². The van der Waals surface area contributed by atoms with Gasteiger partial charge in [-0.2, -0.15) is 0 Å². The second-order valence-corrected chi connectivity index (χ2v) is 8.11. The molecule has 0 saturated carbocycles. The minimum Gasteiger partial charge on any atom is -0.480 e. The Morgan fingerprint density at radius 1 is 1.03 bits per heavy atom. The van der Waals surface area contributed by atoms with Gasteiger partial charge in [0, 0.05) is 6.42 Å². The van der Waals surface area contributed by atoms with E-state index >= 15 is 0 Å². The largest absolute Gasteiger partial charge is 0.480 e. The lowest BCUT2D eigenvalue weighted by atomic mass is 10.0. The number of primary amides is 1. The Kier molecular flexibility index (Phi) is 11.0. The quantitative estimate of drug-likeness (QED) is 0.158. The van der Waals surface area contributed by atoms with Crippen molar-refractivity contribution in [1.29, 1.82) is 0 Å². The normalized spacial score (nSPS) is 15.8. The summed E-state index contributed by atoms with van der Waals surface area (Å²) in [5.41, 5.74) is 10.6. The van der Waals surface area contributed by atoms with Gasteiger partial charge in [0.2, 0.25) is 17.7 Å². The average molecular weight is 440 g/mol. The molecule has 9 N–H and O–H groups in total. The fourth-order valence-corrected chi connectivity index (χ4v) is 2.85. The number of amides is 3. The number of hydrogen-bond donors (Lipinski definition) is 7. The van der Waals surface area contributed by atoms with Crippen LogP contribution in [-0.2, 0) is 28.3 Å². The highest BCUT2D eigenvalue weighted by atomic mass is 31.2. The van der Waals surface area contributed by atoms with Gasteiger partial charge in [0.25, 0.3) is 0 Å². The summed E-state index contributed by atoms with van der Waals surface area (Å²) in [6.45, 7) is 4.66. The van der Waals surface area contributed by atoms with Crippen LogP contribution in [0.2, 0.25) is 0 Å². The monoisotopic (exact) mass is 440 g/mol. The highest BCUT2D eigenvalue weighted by Crippen LogP contribution is 2.37. The molecule has 3 amide bonds. The Labute approximate surface area is 167 Å². The van der Waals surface area contributed by atoms with Crippen molar-refractivity contribution in [2.24, 2.45) is 17.4 Å². The molecule has 0 aliphatic rings. The van der Waals surface area contributed by atoms with Gasteiger partial charge >= 0.3 is 13.8 Å². The molecule has 168 valence electrons. The molecule has 0 aromatic heterocycles. The summed E-state index contributed by atoms with van der Waals surface area (Å²) in [6.07, 6.45) is -1.79. The molecule has 0 saturated heterocycles. The lowest BCUT2D eigenvalue weighted by Crippen LogP contribution is -2.56. The molecule has 0 aliphatic heterocycles. The number of rotatable bonds is 13. The SMILES string of the molecule is CC(C)C[C@H](NC(=O)[C@H](CCC(N)=O)NC(=O)[C@@H](N)[C@@H](C)OP(=O)(O)O)C(=O)O. The Morgan fingerprint density at radius 3 is 1.97 bits per heavy atom. The van der Waals surface area contributed by atoms with Crippen molar-refractivity contribution in [2.45, 2.75) is 64.3 Å². The highest BCUT2D eigenvalue weighted by Gasteiger charge is 2.32. The smallest absolute Gasteiger partial charge is 0.469 e. The Morgan fingerprint density at radius 2 is 1.55 bits per heavy atom. The molecule has 4 atom stereocenters. The maximum atomic E-state index is 12.5. The van der Waals surface area contributed by atoms with E-state index in [1.807, 2.05) is 0 Å². The van der Waals surface area contributed by atoms with E-state index in [9.17, 15) is 28.8 Å². The molecule has 0 unspecified atom stereocenters. The van der Waals surface area contributed by atoms with Crippen LogP contribution < -0.4 is 22.1 Å². The summed E-state index contributed by atoms with van der Waals surface area (Å²) in [5, 5.41) is 13.7. The fraction of sp³-hybridized carbons (Fsp3) is 0.733. The second-order valence-electron chi connectivity index (χ2n) is 6.92. The Bertz CT molecular complexity index is 652. The summed E-state index contributed by atoms with van der Waals surface area (Å²) in [6, 6.07) is -4.13. The number of carboxylic acids is 1. The second kappa shape index (κ2) is 11.8. The zero-order valence-corrected chi connectivity index (χ0v) is 17.3. The zero-order chi connectivity index (χ0) is 22.9. The summed E-state index contributed by atoms with van der Waals surface area (Å²) < 4.78 is 15.2. The first-order chi connectivity index (χ1) is 13.1. The van der Waals surface area contributed by atoms with Gasteiger partial charge in [0.15, 0.2) is 0 Å². The van der Waals surface area contributed by atoms with Crippen LogP contribution in [0.15, 0.2) is 0 Å². The summed E-state index contributed by atoms with van der Waals surface area (Å²) in [4.78, 5) is 64.7. The maximum Gasteiger partial charge on any atom is 0.469 e. The van der Waals surface area contributed by atoms with Crippen molar-refractivity contribution in [3.05, 3.63) is 0 Å². The third-order valence-corrected chi connectivity index (χ3v) is 4.35. The van der Waals surface area contributed by atoms with E-state index in [1.165, 1.54) is 0 Å². The van der Waals surface area contributed by atoms with Crippen molar-refractivity contribution in [2.75, 3.05) is 0 Å². The lowest BCUT2D eigenvalue weighted by Gasteiger charge is -2.25. The molecule has 0 aliphatic carbocycles. The number of nitrogens with one attached hydrogen (secondary N) is 2. The molecule has 14 heteroatoms. The third kappa shape index (κ3) is 11.5. The number of hydrogen-bond acceptors (Lipinski definition) is 7. The first-order valence-electron chi connectivity index (χ1n) is 8.75. The van der Waals surface area contributed by atoms with E-state index in [2.05, 4.69) is 15.2 Å². The minimum atomic E-state index is -4.90. The number of aliphatic carboxylic acids is 1. The summed E-state index contributed by atoms with van der Waals surface area (Å²) in [5.74, 6) is -3.94. The van der Waals surface area contributed by atoms with Crippen LogP contribution >= 0.6 is 7.82 Å². The first-order valence-corrected chi connectivity index (χ1v) is 10.3. The molecule has 0 heterocycles. The van der Waals surface area contributed by atoms with Crippen molar-refractivity contribution >= 4 is 31.5 Å². The van der Waals surface area contributed by atoms with Crippen LogP contribution in [0.3, 0.4) is 0 Å². The van der Waals surface area contributed by atoms with Gasteiger partial charge in [-0.15, -0.1) is 0 Å². The van der Waals surface area contributed by atoms with Crippen LogP contribution in [0.1, 0.15) is 40.0 Å². The molecule has 0 spiro atoms. The van der Waals surface area contributed by atoms with E-state index in [-0.39, 0.29) is 25.2 Å². The maximum absolute atomic E-state index is 12.5. The van der Waals surface area contributed by atoms with E-state index in [0.29, 0.717) is 0 Å². The van der Waals surface area contributed by atoms with Crippen LogP contribution in [0.4, 0.5) is 0 Å². The van der Waals surface area contributed by atoms with Crippen molar-refractivity contribution in [1.82, 2.24) is 10.6 Å². The van der Waals surface area contributed by atoms with Gasteiger partial charge in [0.1, 0.15) is 18.1 Å². The van der Waals surface area contributed by atoms with Gasteiger partial charge in [-0.25, -0.2) is 9.36 Å². The number of carboxylic acid groups (broad SMARTS) is 1. The number of nitrogens with two attached hydrogens (primary N) is 2. The molecule has 0 radical (unpaired) electrons. The lowest BCUT2D eigenvalue weighted by molar-refractivity contribution is -0.143. The molecule has 0 rings (SSSR count). The van der Waals surface area contributed by atoms with Gasteiger partial charge in [0.05, 0.1) is 6.10 Å². The third-order valence-electron chi connectivity index (χ3n) is 3.75. The van der Waals surface area contributed by atoms with E-state index in [0.717, 1.165) is 6.92 Å². The fourth-order valence-electron chi connectivity index (χ4n) is 2.28. The predicted octanol–water partition coefficient (Wildman–Crippen LogP) is -1.82. The van der Waals surface area contributed by atoms with Crippen molar-refractivity contribution in [3.8, 4) is 0 Å². The number of phosphoric acid groups is 1. The topological polar surface area (TPSA) is 231 Å².